The average molecular weight is 339 g/mol. The molecule has 8 heteroatoms. The van der Waals surface area contributed by atoms with Crippen molar-refractivity contribution in [3.8, 4) is 0 Å². The standard InChI is InChI=1S/C15H21N3O4S/c1-3-13-15(20)17(4-2)9-10-18(13)14(19)11-5-7-12(8-6-11)23(16,21)22/h5-8,13H,3-4,9-10H2,1-2H3,(H2,16,21,22)/t13-/m1/s1. The number of nitrogens with zero attached hydrogens (tertiary/aromatic N) is 2. The second-order valence-corrected chi connectivity index (χ2v) is 6.97. The summed E-state index contributed by atoms with van der Waals surface area (Å²) in [7, 11) is -3.79. The van der Waals surface area contributed by atoms with Crippen LogP contribution in [0.25, 0.3) is 0 Å². The van der Waals surface area contributed by atoms with Gasteiger partial charge in [0, 0.05) is 25.2 Å². The number of amides is 2. The van der Waals surface area contributed by atoms with Crippen LogP contribution in [0.2, 0.25) is 0 Å². The van der Waals surface area contributed by atoms with Crippen molar-refractivity contribution in [1.82, 2.24) is 9.80 Å². The van der Waals surface area contributed by atoms with Crippen molar-refractivity contribution in [2.24, 2.45) is 5.14 Å². The predicted molar refractivity (Wildman–Crippen MR) is 85.2 cm³/mol. The molecule has 126 valence electrons. The van der Waals surface area contributed by atoms with Gasteiger partial charge in [-0.15, -0.1) is 0 Å². The zero-order valence-corrected chi connectivity index (χ0v) is 14.0. The Hall–Kier alpha value is -1.93. The number of carbonyl (C=O) groups excluding carboxylic acids is 2. The molecule has 0 spiro atoms. The molecule has 0 bridgehead atoms. The van der Waals surface area contributed by atoms with Crippen LogP contribution in [0.1, 0.15) is 30.6 Å². The van der Waals surface area contributed by atoms with Crippen molar-refractivity contribution >= 4 is 21.8 Å². The van der Waals surface area contributed by atoms with Crippen molar-refractivity contribution in [1.29, 1.82) is 0 Å². The highest BCUT2D eigenvalue weighted by Gasteiger charge is 2.35. The predicted octanol–water partition coefficient (Wildman–Crippen LogP) is 0.417. The topological polar surface area (TPSA) is 101 Å². The number of hydrogen-bond acceptors (Lipinski definition) is 4. The van der Waals surface area contributed by atoms with Crippen LogP contribution in [0.5, 0.6) is 0 Å². The fraction of sp³-hybridized carbons (Fsp3) is 0.467. The monoisotopic (exact) mass is 339 g/mol. The zero-order valence-electron chi connectivity index (χ0n) is 13.2. The normalized spacial score (nSPS) is 19.1. The lowest BCUT2D eigenvalue weighted by molar-refractivity contribution is -0.140. The number of primary sulfonamides is 1. The molecule has 2 rings (SSSR count). The van der Waals surface area contributed by atoms with Crippen molar-refractivity contribution in [3.63, 3.8) is 0 Å². The largest absolute Gasteiger partial charge is 0.339 e. The third-order valence-corrected chi connectivity index (χ3v) is 4.97. The smallest absolute Gasteiger partial charge is 0.254 e. The minimum Gasteiger partial charge on any atom is -0.339 e. The molecule has 2 amide bonds. The zero-order chi connectivity index (χ0) is 17.2. The number of carbonyl (C=O) groups is 2. The molecule has 0 aliphatic carbocycles. The van der Waals surface area contributed by atoms with Gasteiger partial charge in [0.05, 0.1) is 4.90 Å². The lowest BCUT2D eigenvalue weighted by Gasteiger charge is -2.40. The Morgan fingerprint density at radius 3 is 2.30 bits per heavy atom. The Kier molecular flexibility index (Phi) is 5.06. The van der Waals surface area contributed by atoms with E-state index < -0.39 is 16.1 Å². The van der Waals surface area contributed by atoms with Gasteiger partial charge in [-0.3, -0.25) is 9.59 Å². The first kappa shape index (κ1) is 17.4. The number of benzene rings is 1. The number of sulfonamides is 1. The van der Waals surface area contributed by atoms with Gasteiger partial charge < -0.3 is 9.80 Å². The summed E-state index contributed by atoms with van der Waals surface area (Å²) in [6.45, 7) is 5.38. The molecule has 7 nitrogen and oxygen atoms in total. The molecule has 1 aromatic carbocycles. The summed E-state index contributed by atoms with van der Waals surface area (Å²) in [6.07, 6.45) is 0.538. The van der Waals surface area contributed by atoms with Crippen LogP contribution in [0.15, 0.2) is 29.2 Å². The van der Waals surface area contributed by atoms with Gasteiger partial charge in [0.15, 0.2) is 0 Å². The first-order valence-corrected chi connectivity index (χ1v) is 9.06. The Morgan fingerprint density at radius 1 is 1.22 bits per heavy atom. The molecule has 1 saturated heterocycles. The second-order valence-electron chi connectivity index (χ2n) is 5.41. The van der Waals surface area contributed by atoms with Crippen molar-refractivity contribution < 1.29 is 18.0 Å². The van der Waals surface area contributed by atoms with E-state index in [0.717, 1.165) is 0 Å². The Bertz CT molecular complexity index is 700. The van der Waals surface area contributed by atoms with Gasteiger partial charge in [-0.05, 0) is 37.6 Å². The summed E-state index contributed by atoms with van der Waals surface area (Å²) in [5, 5.41) is 5.04. The molecular formula is C15H21N3O4S. The molecular weight excluding hydrogens is 318 g/mol. The maximum atomic E-state index is 12.6. The maximum absolute atomic E-state index is 12.6. The summed E-state index contributed by atoms with van der Waals surface area (Å²) in [5.74, 6) is -0.322. The van der Waals surface area contributed by atoms with Gasteiger partial charge in [-0.25, -0.2) is 13.6 Å². The van der Waals surface area contributed by atoms with Crippen LogP contribution in [0.4, 0.5) is 0 Å². The lowest BCUT2D eigenvalue weighted by atomic mass is 10.1. The SMILES string of the molecule is CC[C@@H]1C(=O)N(CC)CCN1C(=O)c1ccc(S(N)(=O)=O)cc1. The van der Waals surface area contributed by atoms with Crippen LogP contribution in [0, 0.1) is 0 Å². The van der Waals surface area contributed by atoms with E-state index in [4.69, 9.17) is 5.14 Å². The van der Waals surface area contributed by atoms with Crippen molar-refractivity contribution in [2.75, 3.05) is 19.6 Å². The van der Waals surface area contributed by atoms with Crippen LogP contribution in [0.3, 0.4) is 0 Å². The van der Waals surface area contributed by atoms with Crippen LogP contribution in [-0.4, -0.2) is 55.7 Å². The van der Waals surface area contributed by atoms with Crippen LogP contribution < -0.4 is 5.14 Å². The molecule has 23 heavy (non-hydrogen) atoms. The molecule has 1 fully saturated rings. The third kappa shape index (κ3) is 3.53. The van der Waals surface area contributed by atoms with E-state index >= 15 is 0 Å². The Morgan fingerprint density at radius 2 is 1.83 bits per heavy atom. The number of nitrogens with two attached hydrogens (primary N) is 1. The molecule has 1 aliphatic rings. The van der Waals surface area contributed by atoms with Crippen LogP contribution >= 0.6 is 0 Å². The van der Waals surface area contributed by atoms with E-state index in [0.29, 0.717) is 31.6 Å². The van der Waals surface area contributed by atoms with E-state index in [1.807, 2.05) is 13.8 Å². The van der Waals surface area contributed by atoms with Gasteiger partial charge in [0.1, 0.15) is 6.04 Å². The highest BCUT2D eigenvalue weighted by atomic mass is 32.2. The van der Waals surface area contributed by atoms with Crippen LogP contribution in [-0.2, 0) is 14.8 Å². The summed E-state index contributed by atoms with van der Waals surface area (Å²) in [5.41, 5.74) is 0.341. The lowest BCUT2D eigenvalue weighted by Crippen LogP contribution is -2.58. The van der Waals surface area contributed by atoms with Gasteiger partial charge in [0.25, 0.3) is 5.91 Å². The number of likely N-dealkylation sites (N-methyl/N-ethyl adjacent to an activating group) is 1. The first-order chi connectivity index (χ1) is 10.8. The third-order valence-electron chi connectivity index (χ3n) is 4.04. The number of piperazine rings is 1. The highest BCUT2D eigenvalue weighted by Crippen LogP contribution is 2.18. The fourth-order valence-corrected chi connectivity index (χ4v) is 3.26. The molecule has 1 aromatic rings. The molecule has 1 atom stereocenters. The van der Waals surface area contributed by atoms with Crippen molar-refractivity contribution in [2.45, 2.75) is 31.2 Å². The fourth-order valence-electron chi connectivity index (χ4n) is 2.74. The van der Waals surface area contributed by atoms with E-state index in [1.165, 1.54) is 24.3 Å². The van der Waals surface area contributed by atoms with Gasteiger partial charge in [0.2, 0.25) is 15.9 Å². The molecule has 0 unspecified atom stereocenters. The second kappa shape index (κ2) is 6.67. The summed E-state index contributed by atoms with van der Waals surface area (Å²) in [6, 6.07) is 4.96. The van der Waals surface area contributed by atoms with E-state index in [9.17, 15) is 18.0 Å². The maximum Gasteiger partial charge on any atom is 0.254 e. The average Bonchev–Trinajstić information content (AvgIpc) is 2.53. The highest BCUT2D eigenvalue weighted by molar-refractivity contribution is 7.89. The molecule has 0 radical (unpaired) electrons. The Balaban J connectivity index is 2.24. The quantitative estimate of drug-likeness (QED) is 0.859. The molecule has 1 heterocycles. The van der Waals surface area contributed by atoms with E-state index in [2.05, 4.69) is 0 Å². The summed E-state index contributed by atoms with van der Waals surface area (Å²) < 4.78 is 22.5. The minimum atomic E-state index is -3.79. The summed E-state index contributed by atoms with van der Waals surface area (Å²) in [4.78, 5) is 28.2. The minimum absolute atomic E-state index is 0.0456. The van der Waals surface area contributed by atoms with Gasteiger partial charge in [-0.1, -0.05) is 6.92 Å². The van der Waals surface area contributed by atoms with E-state index in [-0.39, 0.29) is 16.7 Å². The molecule has 0 saturated carbocycles. The Labute approximate surface area is 136 Å². The molecule has 2 N–H and O–H groups in total. The first-order valence-electron chi connectivity index (χ1n) is 7.52. The van der Waals surface area contributed by atoms with Crippen molar-refractivity contribution in [3.05, 3.63) is 29.8 Å². The van der Waals surface area contributed by atoms with Gasteiger partial charge >= 0.3 is 0 Å². The number of rotatable bonds is 4. The van der Waals surface area contributed by atoms with Gasteiger partial charge in [-0.2, -0.15) is 0 Å². The van der Waals surface area contributed by atoms with E-state index in [1.54, 1.807) is 9.80 Å². The number of hydrogen-bond donors (Lipinski definition) is 1. The summed E-state index contributed by atoms with van der Waals surface area (Å²) >= 11 is 0. The molecule has 1 aliphatic heterocycles. The molecule has 0 aromatic heterocycles.